The Morgan fingerprint density at radius 1 is 0.741 bits per heavy atom. The van der Waals surface area contributed by atoms with Crippen LogP contribution in [0, 0.1) is 0 Å². The second-order valence-electron chi connectivity index (χ2n) is 14.2. The van der Waals surface area contributed by atoms with Crippen molar-refractivity contribution in [3.8, 4) is 0 Å². The van der Waals surface area contributed by atoms with Crippen LogP contribution < -0.4 is 15.5 Å². The molecule has 1 unspecified atom stereocenters. The normalized spacial score (nSPS) is 14.9. The van der Waals surface area contributed by atoms with Gasteiger partial charge in [0, 0.05) is 41.8 Å². The molecule has 2 N–H and O–H groups in total. The molecule has 6 nitrogen and oxygen atoms in total. The van der Waals surface area contributed by atoms with Gasteiger partial charge in [-0.2, -0.15) is 0 Å². The van der Waals surface area contributed by atoms with Gasteiger partial charge in [-0.1, -0.05) is 121 Å². The fraction of sp³-hybridized carbons (Fsp3) is 0.146. The molecule has 2 aromatic heterocycles. The molecule has 1 atom stereocenters. The Kier molecular flexibility index (Phi) is 9.25. The highest BCUT2D eigenvalue weighted by molar-refractivity contribution is 6.02. The zero-order valence-corrected chi connectivity index (χ0v) is 30.1. The Labute approximate surface area is 315 Å². The maximum Gasteiger partial charge on any atom is 0.327 e. The minimum atomic E-state index is -0.218. The molecule has 54 heavy (non-hydrogen) atoms. The molecule has 2 heterocycles. The van der Waals surface area contributed by atoms with Gasteiger partial charge in [-0.25, -0.2) is 9.78 Å². The van der Waals surface area contributed by atoms with Crippen LogP contribution in [0.5, 0.6) is 0 Å². The van der Waals surface area contributed by atoms with E-state index >= 15 is 0 Å². The molecule has 7 aromatic rings. The van der Waals surface area contributed by atoms with Crippen molar-refractivity contribution in [1.82, 2.24) is 15.3 Å². The SMILES string of the molecule is O=C(Nc1ccccc1)N(Cc1ccc(CNCc2ccccn2)cc1)c1nc2ccccc2cc1C1C=CC2=C(CCc3c2ccc2ccccc32)C1. The minimum Gasteiger partial charge on any atom is -0.307 e. The van der Waals surface area contributed by atoms with E-state index in [0.717, 1.165) is 64.8 Å². The molecular weight excluding hydrogens is 663 g/mol. The van der Waals surface area contributed by atoms with Gasteiger partial charge in [0.2, 0.25) is 0 Å². The molecule has 0 bridgehead atoms. The number of para-hydroxylation sites is 2. The molecule has 2 aliphatic rings. The number of aromatic nitrogens is 2. The number of hydrogen-bond donors (Lipinski definition) is 2. The zero-order chi connectivity index (χ0) is 36.3. The molecule has 0 aliphatic heterocycles. The van der Waals surface area contributed by atoms with Crippen LogP contribution in [0.15, 0.2) is 163 Å². The molecule has 0 saturated heterocycles. The van der Waals surface area contributed by atoms with E-state index in [2.05, 4.69) is 107 Å². The molecule has 264 valence electrons. The largest absolute Gasteiger partial charge is 0.327 e. The zero-order valence-electron chi connectivity index (χ0n) is 30.1. The van der Waals surface area contributed by atoms with Crippen LogP contribution in [-0.2, 0) is 26.1 Å². The monoisotopic (exact) mass is 703 g/mol. The van der Waals surface area contributed by atoms with Crippen LogP contribution in [0.4, 0.5) is 16.3 Å². The number of rotatable bonds is 9. The summed E-state index contributed by atoms with van der Waals surface area (Å²) in [6, 6.07) is 47.6. The Morgan fingerprint density at radius 2 is 1.52 bits per heavy atom. The first-order chi connectivity index (χ1) is 26.7. The van der Waals surface area contributed by atoms with E-state index in [0.29, 0.717) is 18.9 Å². The standard InChI is InChI=1S/C48H41N5O/c54-48(51-39-12-2-1-3-13-39)53(32-34-19-17-33(18-20-34)30-49-31-40-14-8-9-27-50-40)47-45(29-38-11-5-7-16-46(38)52-47)37-22-24-42-36(28-37)23-26-43-41-15-6-4-10-35(41)21-25-44(42)43/h1-22,24-25,27,29,37,49H,23,26,28,30-32H2,(H,51,54). The van der Waals surface area contributed by atoms with E-state index in [4.69, 9.17) is 4.98 Å². The molecule has 5 aromatic carbocycles. The van der Waals surface area contributed by atoms with Gasteiger partial charge in [-0.15, -0.1) is 0 Å². The number of anilines is 2. The second-order valence-corrected chi connectivity index (χ2v) is 14.2. The van der Waals surface area contributed by atoms with E-state index in [1.165, 1.54) is 33.0 Å². The molecular formula is C48H41N5O. The highest BCUT2D eigenvalue weighted by Gasteiger charge is 2.29. The van der Waals surface area contributed by atoms with Crippen molar-refractivity contribution in [2.45, 2.75) is 44.8 Å². The van der Waals surface area contributed by atoms with Crippen molar-refractivity contribution in [2.75, 3.05) is 10.2 Å². The Hall–Kier alpha value is -6.37. The fourth-order valence-electron chi connectivity index (χ4n) is 7.99. The molecule has 2 amide bonds. The lowest BCUT2D eigenvalue weighted by Crippen LogP contribution is -2.36. The number of amides is 2. The topological polar surface area (TPSA) is 70.2 Å². The summed E-state index contributed by atoms with van der Waals surface area (Å²) in [5.41, 5.74) is 11.5. The van der Waals surface area contributed by atoms with Crippen LogP contribution in [-0.4, -0.2) is 16.0 Å². The molecule has 0 saturated carbocycles. The Bertz CT molecular complexity index is 2530. The van der Waals surface area contributed by atoms with E-state index in [1.807, 2.05) is 71.8 Å². The van der Waals surface area contributed by atoms with Crippen molar-refractivity contribution in [2.24, 2.45) is 0 Å². The average Bonchev–Trinajstić information content (AvgIpc) is 3.23. The predicted octanol–water partition coefficient (Wildman–Crippen LogP) is 10.8. The van der Waals surface area contributed by atoms with Crippen molar-refractivity contribution in [3.63, 3.8) is 0 Å². The summed E-state index contributed by atoms with van der Waals surface area (Å²) in [5, 5.41) is 10.4. The number of nitrogens with zero attached hydrogens (tertiary/aromatic N) is 3. The number of fused-ring (bicyclic) bond motifs is 5. The maximum atomic E-state index is 14.4. The van der Waals surface area contributed by atoms with Crippen molar-refractivity contribution in [1.29, 1.82) is 0 Å². The fourth-order valence-corrected chi connectivity index (χ4v) is 7.99. The quantitative estimate of drug-likeness (QED) is 0.157. The van der Waals surface area contributed by atoms with E-state index < -0.39 is 0 Å². The summed E-state index contributed by atoms with van der Waals surface area (Å²) >= 11 is 0. The van der Waals surface area contributed by atoms with Gasteiger partial charge < -0.3 is 10.6 Å². The lowest BCUT2D eigenvalue weighted by atomic mass is 9.75. The van der Waals surface area contributed by atoms with E-state index in [-0.39, 0.29) is 11.9 Å². The summed E-state index contributed by atoms with van der Waals surface area (Å²) < 4.78 is 0. The molecule has 0 radical (unpaired) electrons. The molecule has 0 spiro atoms. The Balaban J connectivity index is 1.05. The number of pyridine rings is 2. The van der Waals surface area contributed by atoms with Crippen LogP contribution >= 0.6 is 0 Å². The number of allylic oxidation sites excluding steroid dienone is 4. The minimum absolute atomic E-state index is 0.0671. The van der Waals surface area contributed by atoms with Crippen LogP contribution in [0.25, 0.3) is 27.2 Å². The van der Waals surface area contributed by atoms with Crippen molar-refractivity contribution < 1.29 is 4.79 Å². The first-order valence-corrected chi connectivity index (χ1v) is 18.8. The third-order valence-corrected chi connectivity index (χ3v) is 10.7. The average molecular weight is 704 g/mol. The maximum absolute atomic E-state index is 14.4. The van der Waals surface area contributed by atoms with Gasteiger partial charge in [0.25, 0.3) is 0 Å². The third kappa shape index (κ3) is 6.92. The summed E-state index contributed by atoms with van der Waals surface area (Å²) in [6.07, 6.45) is 9.41. The summed E-state index contributed by atoms with van der Waals surface area (Å²) in [5.74, 6) is 0.751. The van der Waals surface area contributed by atoms with Gasteiger partial charge in [0.1, 0.15) is 5.82 Å². The number of aryl methyl sites for hydroxylation is 1. The smallest absolute Gasteiger partial charge is 0.307 e. The lowest BCUT2D eigenvalue weighted by Gasteiger charge is -2.31. The van der Waals surface area contributed by atoms with Gasteiger partial charge in [0.15, 0.2) is 0 Å². The number of carbonyl (C=O) groups is 1. The molecule has 6 heteroatoms. The van der Waals surface area contributed by atoms with Crippen LogP contribution in [0.3, 0.4) is 0 Å². The number of benzene rings is 5. The summed E-state index contributed by atoms with van der Waals surface area (Å²) in [6.45, 7) is 1.78. The molecule has 2 aliphatic carbocycles. The summed E-state index contributed by atoms with van der Waals surface area (Å²) in [4.78, 5) is 25.9. The predicted molar refractivity (Wildman–Crippen MR) is 220 cm³/mol. The van der Waals surface area contributed by atoms with Crippen molar-refractivity contribution >= 4 is 44.8 Å². The number of hydrogen-bond acceptors (Lipinski definition) is 4. The first kappa shape index (κ1) is 33.5. The molecule has 0 fully saturated rings. The number of carbonyl (C=O) groups excluding carboxylic acids is 1. The number of urea groups is 1. The highest BCUT2D eigenvalue weighted by atomic mass is 16.2. The van der Waals surface area contributed by atoms with Crippen molar-refractivity contribution in [3.05, 3.63) is 197 Å². The summed E-state index contributed by atoms with van der Waals surface area (Å²) in [7, 11) is 0. The second kappa shape index (κ2) is 14.9. The first-order valence-electron chi connectivity index (χ1n) is 18.8. The highest BCUT2D eigenvalue weighted by Crippen LogP contribution is 2.45. The number of nitrogens with one attached hydrogen (secondary N) is 2. The third-order valence-electron chi connectivity index (χ3n) is 10.7. The van der Waals surface area contributed by atoms with Gasteiger partial charge in [0.05, 0.1) is 17.8 Å². The van der Waals surface area contributed by atoms with E-state index in [1.54, 1.807) is 0 Å². The van der Waals surface area contributed by atoms with Gasteiger partial charge >= 0.3 is 6.03 Å². The van der Waals surface area contributed by atoms with Gasteiger partial charge in [-0.05, 0) is 94.3 Å². The van der Waals surface area contributed by atoms with Crippen LogP contribution in [0.1, 0.15) is 52.3 Å². The van der Waals surface area contributed by atoms with Gasteiger partial charge in [-0.3, -0.25) is 9.88 Å². The Morgan fingerprint density at radius 3 is 2.37 bits per heavy atom. The van der Waals surface area contributed by atoms with E-state index in [9.17, 15) is 4.79 Å². The lowest BCUT2D eigenvalue weighted by molar-refractivity contribution is 0.256. The molecule has 9 rings (SSSR count). The van der Waals surface area contributed by atoms with Crippen LogP contribution in [0.2, 0.25) is 0 Å².